The number of halogens is 3. The number of amides is 2. The fraction of sp³-hybridized carbons (Fsp3) is 0.290. The zero-order chi connectivity index (χ0) is 30.7. The number of aromatic nitrogens is 3. The van der Waals surface area contributed by atoms with Crippen molar-refractivity contribution in [3.05, 3.63) is 89.6 Å². The largest absolute Gasteiger partial charge is 0.573 e. The molecule has 1 aliphatic heterocycles. The van der Waals surface area contributed by atoms with Crippen LogP contribution >= 0.6 is 11.8 Å². The van der Waals surface area contributed by atoms with Gasteiger partial charge in [0.25, 0.3) is 0 Å². The molecule has 1 unspecified atom stereocenters. The fourth-order valence-electron chi connectivity index (χ4n) is 5.00. The monoisotopic (exact) mass is 608 g/mol. The lowest BCUT2D eigenvalue weighted by molar-refractivity contribution is -0.274. The first-order chi connectivity index (χ1) is 20.5. The molecule has 1 saturated heterocycles. The van der Waals surface area contributed by atoms with Crippen LogP contribution in [0.2, 0.25) is 0 Å². The van der Waals surface area contributed by atoms with E-state index >= 15 is 0 Å². The quantitative estimate of drug-likeness (QED) is 0.232. The Morgan fingerprint density at radius 2 is 1.77 bits per heavy atom. The smallest absolute Gasteiger partial charge is 0.406 e. The van der Waals surface area contributed by atoms with Gasteiger partial charge in [-0.3, -0.25) is 0 Å². The van der Waals surface area contributed by atoms with Crippen LogP contribution in [0, 0.1) is 6.92 Å². The molecule has 43 heavy (non-hydrogen) atoms. The Morgan fingerprint density at radius 1 is 1.05 bits per heavy atom. The van der Waals surface area contributed by atoms with Crippen LogP contribution in [0.3, 0.4) is 0 Å². The normalized spacial score (nSPS) is 15.3. The van der Waals surface area contributed by atoms with Crippen molar-refractivity contribution in [2.24, 2.45) is 4.99 Å². The van der Waals surface area contributed by atoms with Crippen LogP contribution in [0.4, 0.5) is 23.7 Å². The van der Waals surface area contributed by atoms with Gasteiger partial charge in [-0.25, -0.2) is 4.79 Å². The van der Waals surface area contributed by atoms with E-state index in [2.05, 4.69) is 63.0 Å². The van der Waals surface area contributed by atoms with Crippen molar-refractivity contribution in [3.8, 4) is 22.7 Å². The molecule has 3 aromatic carbocycles. The molecule has 4 aromatic rings. The molecule has 1 aromatic heterocycles. The number of rotatable bonds is 7. The SMILES string of the molecule is Cc1cccc(N2CCSC2=NC(=O)NC(C)c2ccc(-c3cnn(-c4ccc(OC(F)(F)F)cc4)n3)cc2)c1C(C)C. The number of nitrogens with one attached hydrogen (secondary N) is 1. The van der Waals surface area contributed by atoms with Crippen LogP contribution in [0.1, 0.15) is 49.4 Å². The lowest BCUT2D eigenvalue weighted by Gasteiger charge is -2.24. The van der Waals surface area contributed by atoms with E-state index in [0.717, 1.165) is 29.1 Å². The summed E-state index contributed by atoms with van der Waals surface area (Å²) in [7, 11) is 0. The first-order valence-corrected chi connectivity index (χ1v) is 14.7. The van der Waals surface area contributed by atoms with E-state index in [4.69, 9.17) is 0 Å². The fourth-order valence-corrected chi connectivity index (χ4v) is 5.95. The summed E-state index contributed by atoms with van der Waals surface area (Å²) in [4.78, 5) is 20.8. The molecule has 1 fully saturated rings. The van der Waals surface area contributed by atoms with Gasteiger partial charge in [0.2, 0.25) is 0 Å². The number of hydrogen-bond donors (Lipinski definition) is 1. The van der Waals surface area contributed by atoms with Gasteiger partial charge >= 0.3 is 12.4 Å². The van der Waals surface area contributed by atoms with E-state index in [-0.39, 0.29) is 11.8 Å². The van der Waals surface area contributed by atoms with Crippen molar-refractivity contribution in [3.63, 3.8) is 0 Å². The molecule has 0 aliphatic carbocycles. The molecule has 2 amide bonds. The molecule has 12 heteroatoms. The third kappa shape index (κ3) is 7.19. The first-order valence-electron chi connectivity index (χ1n) is 13.8. The summed E-state index contributed by atoms with van der Waals surface area (Å²) < 4.78 is 41.2. The molecule has 1 atom stereocenters. The predicted molar refractivity (Wildman–Crippen MR) is 163 cm³/mol. The average Bonchev–Trinajstić information content (AvgIpc) is 3.62. The Labute approximate surface area is 252 Å². The minimum absolute atomic E-state index is 0.288. The van der Waals surface area contributed by atoms with Crippen molar-refractivity contribution in [1.29, 1.82) is 0 Å². The second-order valence-electron chi connectivity index (χ2n) is 10.4. The van der Waals surface area contributed by atoms with Crippen molar-refractivity contribution in [2.75, 3.05) is 17.2 Å². The van der Waals surface area contributed by atoms with Gasteiger partial charge in [0, 0.05) is 23.5 Å². The van der Waals surface area contributed by atoms with E-state index in [1.54, 1.807) is 18.0 Å². The highest BCUT2D eigenvalue weighted by Crippen LogP contribution is 2.35. The van der Waals surface area contributed by atoms with Crippen molar-refractivity contribution in [1.82, 2.24) is 20.3 Å². The van der Waals surface area contributed by atoms with Crippen molar-refractivity contribution < 1.29 is 22.7 Å². The van der Waals surface area contributed by atoms with E-state index in [9.17, 15) is 18.0 Å². The van der Waals surface area contributed by atoms with Crippen LogP contribution in [-0.4, -0.2) is 44.9 Å². The molecule has 5 rings (SSSR count). The molecule has 0 saturated carbocycles. The first kappa shape index (κ1) is 30.1. The van der Waals surface area contributed by atoms with Gasteiger partial charge in [-0.1, -0.05) is 62.0 Å². The molecule has 1 aliphatic rings. The summed E-state index contributed by atoms with van der Waals surface area (Å²) in [5.41, 5.74) is 6.34. The minimum atomic E-state index is -4.76. The van der Waals surface area contributed by atoms with Crippen LogP contribution in [-0.2, 0) is 0 Å². The number of alkyl halides is 3. The topological polar surface area (TPSA) is 84.6 Å². The Balaban J connectivity index is 1.23. The van der Waals surface area contributed by atoms with Gasteiger partial charge in [-0.15, -0.1) is 18.3 Å². The molecule has 0 bridgehead atoms. The minimum Gasteiger partial charge on any atom is -0.406 e. The Morgan fingerprint density at radius 3 is 2.44 bits per heavy atom. The third-order valence-electron chi connectivity index (χ3n) is 6.98. The van der Waals surface area contributed by atoms with Gasteiger partial charge in [0.05, 0.1) is 17.9 Å². The maximum absolute atomic E-state index is 12.9. The maximum atomic E-state index is 12.9. The molecule has 0 spiro atoms. The lowest BCUT2D eigenvalue weighted by atomic mass is 9.95. The van der Waals surface area contributed by atoms with E-state index in [1.807, 2.05) is 37.3 Å². The Bertz CT molecular complexity index is 1620. The van der Waals surface area contributed by atoms with Gasteiger partial charge in [-0.05, 0) is 66.8 Å². The van der Waals surface area contributed by atoms with Gasteiger partial charge in [-0.2, -0.15) is 14.9 Å². The summed E-state index contributed by atoms with van der Waals surface area (Å²) in [6, 6.07) is 18.4. The standard InChI is InChI=1S/C31H31F3N6O2S/c1-19(2)28-20(3)6-5-7-27(28)39-16-17-43-30(39)37-29(41)36-21(4)22-8-10-23(11-9-22)26-18-35-40(38-26)24-12-14-25(15-13-24)42-31(32,33)34/h5-15,18-19,21H,16-17H2,1-4H3,(H,36,41). The van der Waals surface area contributed by atoms with Crippen LogP contribution in [0.25, 0.3) is 16.9 Å². The number of aliphatic imine (C=N–C) groups is 1. The highest BCUT2D eigenvalue weighted by molar-refractivity contribution is 8.14. The Hall–Kier alpha value is -4.32. The molecule has 2 heterocycles. The van der Waals surface area contributed by atoms with Crippen LogP contribution in [0.5, 0.6) is 5.75 Å². The van der Waals surface area contributed by atoms with E-state index in [0.29, 0.717) is 22.5 Å². The summed E-state index contributed by atoms with van der Waals surface area (Å²) >= 11 is 1.57. The zero-order valence-corrected chi connectivity index (χ0v) is 24.9. The van der Waals surface area contributed by atoms with E-state index < -0.39 is 12.4 Å². The van der Waals surface area contributed by atoms with Gasteiger partial charge in [0.1, 0.15) is 11.4 Å². The Kier molecular flexibility index (Phi) is 8.77. The number of benzene rings is 3. The number of aryl methyl sites for hydroxylation is 1. The number of ether oxygens (including phenoxy) is 1. The number of nitrogens with zero attached hydrogens (tertiary/aromatic N) is 5. The number of thioether (sulfide) groups is 1. The van der Waals surface area contributed by atoms with Crippen molar-refractivity contribution in [2.45, 2.75) is 46.0 Å². The summed E-state index contributed by atoms with van der Waals surface area (Å²) in [6.45, 7) is 9.14. The van der Waals surface area contributed by atoms with E-state index in [1.165, 1.54) is 40.2 Å². The van der Waals surface area contributed by atoms with Gasteiger partial charge < -0.3 is 15.0 Å². The maximum Gasteiger partial charge on any atom is 0.573 e. The zero-order valence-electron chi connectivity index (χ0n) is 24.1. The molecule has 8 nitrogen and oxygen atoms in total. The molecule has 224 valence electrons. The summed E-state index contributed by atoms with van der Waals surface area (Å²) in [5, 5.41) is 12.3. The average molecular weight is 609 g/mol. The van der Waals surface area contributed by atoms with Gasteiger partial charge in [0.15, 0.2) is 5.17 Å². The highest BCUT2D eigenvalue weighted by atomic mass is 32.2. The second-order valence-corrected chi connectivity index (χ2v) is 11.5. The molecule has 1 N–H and O–H groups in total. The van der Waals surface area contributed by atoms with Crippen LogP contribution in [0.15, 0.2) is 77.9 Å². The third-order valence-corrected chi connectivity index (χ3v) is 7.94. The second kappa shape index (κ2) is 12.5. The molecular weight excluding hydrogens is 577 g/mol. The van der Waals surface area contributed by atoms with Crippen LogP contribution < -0.4 is 15.0 Å². The summed E-state index contributed by atoms with van der Waals surface area (Å²) in [5.74, 6) is 0.882. The highest BCUT2D eigenvalue weighted by Gasteiger charge is 2.31. The number of amidine groups is 1. The number of carbonyl (C=O) groups is 1. The lowest BCUT2D eigenvalue weighted by Crippen LogP contribution is -2.29. The number of anilines is 1. The number of carbonyl (C=O) groups excluding carboxylic acids is 1. The molecule has 0 radical (unpaired) electrons. The molecular formula is C31H31F3N6O2S. The predicted octanol–water partition coefficient (Wildman–Crippen LogP) is 7.64. The number of hydrogen-bond acceptors (Lipinski definition) is 5. The number of urea groups is 1. The summed E-state index contributed by atoms with van der Waals surface area (Å²) in [6.07, 6.45) is -3.19. The van der Waals surface area contributed by atoms with Crippen molar-refractivity contribution >= 4 is 28.6 Å².